The van der Waals surface area contributed by atoms with Gasteiger partial charge < -0.3 is 20.4 Å². The van der Waals surface area contributed by atoms with Crippen LogP contribution in [0.4, 0.5) is 23.0 Å². The minimum Gasteiger partial charge on any atom is -0.873 e. The van der Waals surface area contributed by atoms with E-state index in [0.29, 0.717) is 11.6 Å². The van der Waals surface area contributed by atoms with Crippen molar-refractivity contribution < 1.29 is 62.6 Å². The third kappa shape index (κ3) is 16.1. The summed E-state index contributed by atoms with van der Waals surface area (Å²) in [7, 11) is 0. The van der Waals surface area contributed by atoms with Gasteiger partial charge in [0.15, 0.2) is 11.6 Å². The number of benzene rings is 4. The number of para-hydroxylation sites is 4. The van der Waals surface area contributed by atoms with Gasteiger partial charge in [0, 0.05) is 12.4 Å². The molecule has 0 aliphatic rings. The van der Waals surface area contributed by atoms with Crippen LogP contribution in [0.2, 0.25) is 0 Å². The van der Waals surface area contributed by atoms with Gasteiger partial charge in [-0.25, -0.2) is 9.97 Å². The van der Waals surface area contributed by atoms with E-state index in [4.69, 9.17) is 0 Å². The Kier molecular flexibility index (Phi) is 19.8. The number of hydrogen-bond donors (Lipinski definition) is 0. The predicted octanol–water partition coefficient (Wildman–Crippen LogP) is 6.66. The molecule has 0 unspecified atom stereocenters. The van der Waals surface area contributed by atoms with E-state index in [-0.39, 0.29) is 42.1 Å². The maximum atomic E-state index is 10.3. The van der Waals surface area contributed by atoms with Crippen molar-refractivity contribution in [1.29, 1.82) is 0 Å². The van der Waals surface area contributed by atoms with Gasteiger partial charge in [-0.3, -0.25) is 0 Å². The molecule has 4 aromatic carbocycles. The van der Waals surface area contributed by atoms with Gasteiger partial charge in [-0.15, -0.1) is 43.5 Å². The molecule has 0 saturated heterocycles. The van der Waals surface area contributed by atoms with E-state index < -0.39 is 23.0 Å². The van der Waals surface area contributed by atoms with Crippen LogP contribution in [0.5, 0.6) is 23.0 Å². The van der Waals surface area contributed by atoms with E-state index in [1.807, 2.05) is 97.1 Å². The summed E-state index contributed by atoms with van der Waals surface area (Å²) < 4.78 is 0. The second-order valence-corrected chi connectivity index (χ2v) is 8.34. The maximum absolute atomic E-state index is 10.3. The second kappa shape index (κ2) is 23.4. The van der Waals surface area contributed by atoms with Gasteiger partial charge in [-0.05, 0) is 48.5 Å². The molecule has 2 heterocycles. The van der Waals surface area contributed by atoms with Gasteiger partial charge in [-0.1, -0.05) is 97.1 Å². The van der Waals surface area contributed by atoms with Gasteiger partial charge in [-0.2, -0.15) is 0 Å². The van der Waals surface area contributed by atoms with E-state index in [0.717, 1.165) is 11.4 Å². The van der Waals surface area contributed by atoms with Gasteiger partial charge in [0.2, 0.25) is 0 Å². The smallest absolute Gasteiger partial charge is 0.873 e. The zero-order chi connectivity index (χ0) is 31.2. The Hall–Kier alpha value is -5.04. The van der Waals surface area contributed by atoms with Gasteiger partial charge >= 0.3 is 42.1 Å². The third-order valence-electron chi connectivity index (χ3n) is 5.05. The minimum atomic E-state index is -0.437. The quantitative estimate of drug-likeness (QED) is 0.179. The summed E-state index contributed by atoms with van der Waals surface area (Å²) in [6.45, 7) is 0. The van der Waals surface area contributed by atoms with Gasteiger partial charge in [0.1, 0.15) is 0 Å². The van der Waals surface area contributed by atoms with E-state index in [9.17, 15) is 20.4 Å². The standard InChI is InChI=1S/2C11H9N3.2C6H6O2.2Pt/c2*1-2-6-10(7-3-1)13-14-11-8-4-5-9-12-11;2*7-5-3-1-2-4-6(5)8;;/h2*1-9H;2*1-4,7-8H;;/q;;;;2*+2/p-4. The molecule has 0 radical (unpaired) electrons. The van der Waals surface area contributed by atoms with Crippen LogP contribution in [-0.4, -0.2) is 9.97 Å². The topological polar surface area (TPSA) is 167 Å². The molecular formula is C34H26N6O4Pt2. The van der Waals surface area contributed by atoms with Crippen molar-refractivity contribution in [3.8, 4) is 23.0 Å². The molecular weight excluding hydrogens is 947 g/mol. The average Bonchev–Trinajstić information content (AvgIpc) is 3.08. The first kappa shape index (κ1) is 39.0. The fraction of sp³-hybridized carbons (Fsp3) is 0. The van der Waals surface area contributed by atoms with Crippen molar-refractivity contribution in [2.75, 3.05) is 0 Å². The van der Waals surface area contributed by atoms with Crippen LogP contribution >= 0.6 is 0 Å². The molecule has 12 heteroatoms. The van der Waals surface area contributed by atoms with E-state index in [1.54, 1.807) is 36.7 Å². The van der Waals surface area contributed by atoms with E-state index in [2.05, 4.69) is 30.4 Å². The normalized spacial score (nSPS) is 9.57. The average molecular weight is 973 g/mol. The molecule has 10 nitrogen and oxygen atoms in total. The SMILES string of the molecule is [O-]c1ccccc1[O-].[O-]c1ccccc1[O-].[Pt+2].[Pt+2].c1ccc(N=Nc2ccccn2)cc1.c1ccc(N=Nc2ccccn2)cc1. The molecule has 0 saturated carbocycles. The number of pyridine rings is 2. The molecule has 2 aromatic heterocycles. The third-order valence-corrected chi connectivity index (χ3v) is 5.05. The first-order chi connectivity index (χ1) is 21.5. The van der Waals surface area contributed by atoms with Crippen LogP contribution in [0.1, 0.15) is 0 Å². The van der Waals surface area contributed by atoms with Crippen LogP contribution in [0.15, 0.2) is 178 Å². The summed E-state index contributed by atoms with van der Waals surface area (Å²) in [5.74, 6) is -0.507. The first-order valence-corrected chi connectivity index (χ1v) is 13.1. The number of rotatable bonds is 4. The Morgan fingerprint density at radius 3 is 0.870 bits per heavy atom. The number of nitrogens with zero attached hydrogens (tertiary/aromatic N) is 6. The largest absolute Gasteiger partial charge is 2.00 e. The van der Waals surface area contributed by atoms with Crippen molar-refractivity contribution >= 4 is 23.0 Å². The molecule has 0 aliphatic heterocycles. The summed E-state index contributed by atoms with van der Waals surface area (Å²) in [6.07, 6.45) is 3.39. The maximum Gasteiger partial charge on any atom is 2.00 e. The van der Waals surface area contributed by atoms with Crippen LogP contribution in [0.25, 0.3) is 0 Å². The molecule has 0 bridgehead atoms. The van der Waals surface area contributed by atoms with Gasteiger partial charge in [0.05, 0.1) is 11.4 Å². The Morgan fingerprint density at radius 2 is 0.609 bits per heavy atom. The number of hydrogen-bond acceptors (Lipinski definition) is 10. The van der Waals surface area contributed by atoms with Crippen molar-refractivity contribution in [1.82, 2.24) is 9.97 Å². The molecule has 0 aliphatic carbocycles. The van der Waals surface area contributed by atoms with Crippen LogP contribution in [0.3, 0.4) is 0 Å². The van der Waals surface area contributed by atoms with E-state index in [1.165, 1.54) is 24.3 Å². The molecule has 0 atom stereocenters. The van der Waals surface area contributed by atoms with Crippen LogP contribution < -0.4 is 20.4 Å². The Morgan fingerprint density at radius 1 is 0.326 bits per heavy atom. The molecule has 0 amide bonds. The summed E-state index contributed by atoms with van der Waals surface area (Å²) >= 11 is 0. The summed E-state index contributed by atoms with van der Waals surface area (Å²) in [4.78, 5) is 8.07. The Bertz CT molecular complexity index is 1450. The summed E-state index contributed by atoms with van der Waals surface area (Å²) in [5, 5.41) is 57.3. The fourth-order valence-corrected chi connectivity index (χ4v) is 2.93. The molecule has 0 fully saturated rings. The van der Waals surface area contributed by atoms with Crippen molar-refractivity contribution in [2.24, 2.45) is 20.5 Å². The van der Waals surface area contributed by atoms with Crippen molar-refractivity contribution in [3.63, 3.8) is 0 Å². The molecule has 0 N–H and O–H groups in total. The van der Waals surface area contributed by atoms with Crippen molar-refractivity contribution in [3.05, 3.63) is 158 Å². The Balaban J connectivity index is 0.000000312. The first-order valence-electron chi connectivity index (χ1n) is 13.1. The Labute approximate surface area is 295 Å². The van der Waals surface area contributed by atoms with Gasteiger partial charge in [0.25, 0.3) is 0 Å². The molecule has 46 heavy (non-hydrogen) atoms. The van der Waals surface area contributed by atoms with Crippen LogP contribution in [0, 0.1) is 0 Å². The van der Waals surface area contributed by atoms with Crippen molar-refractivity contribution in [2.45, 2.75) is 0 Å². The zero-order valence-electron chi connectivity index (χ0n) is 24.0. The van der Waals surface area contributed by atoms with Crippen LogP contribution in [-0.2, 0) is 42.1 Å². The molecule has 0 spiro atoms. The number of aromatic nitrogens is 2. The molecule has 6 aromatic rings. The molecule has 6 rings (SSSR count). The zero-order valence-corrected chi connectivity index (χ0v) is 28.5. The summed E-state index contributed by atoms with van der Waals surface area (Å²) in [6, 6.07) is 41.4. The fourth-order valence-electron chi connectivity index (χ4n) is 2.93. The molecule has 236 valence electrons. The predicted molar refractivity (Wildman–Crippen MR) is 160 cm³/mol. The van der Waals surface area contributed by atoms with E-state index >= 15 is 0 Å². The second-order valence-electron chi connectivity index (χ2n) is 8.34. The monoisotopic (exact) mass is 972 g/mol. The minimum absolute atomic E-state index is 0. The summed E-state index contributed by atoms with van der Waals surface area (Å²) in [5.41, 5.74) is 1.66. The number of azo groups is 2.